The van der Waals surface area contributed by atoms with Gasteiger partial charge in [-0.25, -0.2) is 13.1 Å². The van der Waals surface area contributed by atoms with Crippen molar-refractivity contribution in [3.05, 3.63) is 24.3 Å². The Labute approximate surface area is 119 Å². The molecular formula is C13H20N2O2S2. The third-order valence-electron chi connectivity index (χ3n) is 3.10. The van der Waals surface area contributed by atoms with Gasteiger partial charge in [-0.2, -0.15) is 0 Å². The largest absolute Gasteiger partial charge is 0.398 e. The van der Waals surface area contributed by atoms with Crippen molar-refractivity contribution in [1.82, 2.24) is 4.72 Å². The molecule has 3 N–H and O–H groups in total. The highest BCUT2D eigenvalue weighted by molar-refractivity contribution is 8.00. The molecule has 0 unspecified atom stereocenters. The zero-order chi connectivity index (χ0) is 13.7. The smallest absolute Gasteiger partial charge is 0.212 e. The third kappa shape index (κ3) is 5.42. The minimum absolute atomic E-state index is 0.136. The van der Waals surface area contributed by atoms with Crippen LogP contribution in [0.1, 0.15) is 19.3 Å². The highest BCUT2D eigenvalue weighted by Gasteiger charge is 2.21. The van der Waals surface area contributed by atoms with Crippen LogP contribution in [-0.2, 0) is 10.0 Å². The molecule has 106 valence electrons. The lowest BCUT2D eigenvalue weighted by Crippen LogP contribution is -2.28. The maximum Gasteiger partial charge on any atom is 0.212 e. The zero-order valence-electron chi connectivity index (χ0n) is 10.8. The summed E-state index contributed by atoms with van der Waals surface area (Å²) in [5, 5.41) is 0. The van der Waals surface area contributed by atoms with Gasteiger partial charge >= 0.3 is 0 Å². The van der Waals surface area contributed by atoms with Gasteiger partial charge in [-0.05, 0) is 24.5 Å². The van der Waals surface area contributed by atoms with Gasteiger partial charge in [-0.1, -0.05) is 25.0 Å². The Bertz CT molecular complexity index is 513. The fourth-order valence-electron chi connectivity index (χ4n) is 1.77. The molecule has 0 saturated heterocycles. The molecule has 0 aromatic heterocycles. The van der Waals surface area contributed by atoms with E-state index in [1.54, 1.807) is 0 Å². The number of nitrogens with one attached hydrogen (secondary N) is 1. The lowest BCUT2D eigenvalue weighted by Gasteiger charge is -2.07. The fourth-order valence-corrected chi connectivity index (χ4v) is 4.18. The summed E-state index contributed by atoms with van der Waals surface area (Å²) in [6.07, 6.45) is 3.48. The predicted octanol–water partition coefficient (Wildman–Crippen LogP) is 2.08. The average molecular weight is 300 g/mol. The molecule has 4 nitrogen and oxygen atoms in total. The van der Waals surface area contributed by atoms with Gasteiger partial charge in [0.2, 0.25) is 10.0 Å². The monoisotopic (exact) mass is 300 g/mol. The van der Waals surface area contributed by atoms with Crippen LogP contribution in [0.25, 0.3) is 0 Å². The van der Waals surface area contributed by atoms with Gasteiger partial charge in [0.05, 0.1) is 5.75 Å². The molecule has 0 atom stereocenters. The zero-order valence-corrected chi connectivity index (χ0v) is 12.5. The number of nitrogen functional groups attached to an aromatic ring is 1. The molecule has 1 aromatic carbocycles. The Kier molecular flexibility index (Phi) is 5.13. The van der Waals surface area contributed by atoms with E-state index in [-0.39, 0.29) is 5.75 Å². The summed E-state index contributed by atoms with van der Waals surface area (Å²) in [7, 11) is -3.14. The number of hydrogen-bond acceptors (Lipinski definition) is 4. The fraction of sp³-hybridized carbons (Fsp3) is 0.538. The van der Waals surface area contributed by atoms with Crippen molar-refractivity contribution in [2.24, 2.45) is 5.92 Å². The highest BCUT2D eigenvalue weighted by Crippen LogP contribution is 2.31. The topological polar surface area (TPSA) is 72.2 Å². The van der Waals surface area contributed by atoms with Gasteiger partial charge in [-0.15, -0.1) is 11.8 Å². The van der Waals surface area contributed by atoms with Crippen LogP contribution in [0.15, 0.2) is 29.2 Å². The summed E-state index contributed by atoms with van der Waals surface area (Å²) in [6.45, 7) is 0.575. The average Bonchev–Trinajstić information content (AvgIpc) is 3.15. The molecule has 1 aromatic rings. The van der Waals surface area contributed by atoms with E-state index in [9.17, 15) is 8.42 Å². The van der Waals surface area contributed by atoms with Crippen molar-refractivity contribution in [1.29, 1.82) is 0 Å². The molecule has 0 aliphatic heterocycles. The van der Waals surface area contributed by atoms with Gasteiger partial charge in [0.1, 0.15) is 0 Å². The second-order valence-electron chi connectivity index (χ2n) is 4.83. The molecule has 1 aliphatic carbocycles. The Balaban J connectivity index is 1.70. The van der Waals surface area contributed by atoms with Crippen molar-refractivity contribution >= 4 is 27.5 Å². The standard InChI is InChI=1S/C13H20N2O2S2/c14-12-3-1-2-4-13(12)18-9-10-19(16,17)15-8-7-11-5-6-11/h1-4,11,15H,5-10,14H2. The molecule has 0 heterocycles. The Morgan fingerprint density at radius 2 is 2.05 bits per heavy atom. The number of anilines is 1. The number of sulfonamides is 1. The first kappa shape index (κ1) is 14.7. The normalized spacial score (nSPS) is 15.6. The molecule has 1 aliphatic rings. The van der Waals surface area contributed by atoms with E-state index in [1.807, 2.05) is 24.3 Å². The summed E-state index contributed by atoms with van der Waals surface area (Å²) < 4.78 is 26.2. The lowest BCUT2D eigenvalue weighted by atomic mass is 10.3. The van der Waals surface area contributed by atoms with E-state index in [0.29, 0.717) is 18.0 Å². The Morgan fingerprint density at radius 1 is 1.32 bits per heavy atom. The highest BCUT2D eigenvalue weighted by atomic mass is 32.2. The first-order chi connectivity index (χ1) is 9.07. The maximum absolute atomic E-state index is 11.8. The molecule has 6 heteroatoms. The molecular weight excluding hydrogens is 280 g/mol. The number of hydrogen-bond donors (Lipinski definition) is 2. The number of benzene rings is 1. The SMILES string of the molecule is Nc1ccccc1SCCS(=O)(=O)NCCC1CC1. The van der Waals surface area contributed by atoms with Gasteiger partial charge in [0.25, 0.3) is 0 Å². The number of nitrogens with two attached hydrogens (primary N) is 1. The molecule has 2 rings (SSSR count). The van der Waals surface area contributed by atoms with Crippen LogP contribution in [0.4, 0.5) is 5.69 Å². The van der Waals surface area contributed by atoms with Crippen molar-refractivity contribution in [2.45, 2.75) is 24.2 Å². The summed E-state index contributed by atoms with van der Waals surface area (Å²) in [4.78, 5) is 0.940. The summed E-state index contributed by atoms with van der Waals surface area (Å²) in [5.41, 5.74) is 6.51. The molecule has 19 heavy (non-hydrogen) atoms. The summed E-state index contributed by atoms with van der Waals surface area (Å²) >= 11 is 1.48. The molecule has 0 amide bonds. The molecule has 1 fully saturated rings. The van der Waals surface area contributed by atoms with Gasteiger partial charge in [0.15, 0.2) is 0 Å². The number of para-hydroxylation sites is 1. The van der Waals surface area contributed by atoms with Crippen molar-refractivity contribution < 1.29 is 8.42 Å². The van der Waals surface area contributed by atoms with Crippen LogP contribution in [0, 0.1) is 5.92 Å². The van der Waals surface area contributed by atoms with E-state index < -0.39 is 10.0 Å². The quantitative estimate of drug-likeness (QED) is 0.569. The predicted molar refractivity (Wildman–Crippen MR) is 80.7 cm³/mol. The number of thioether (sulfide) groups is 1. The van der Waals surface area contributed by atoms with Crippen LogP contribution in [0.2, 0.25) is 0 Å². The Morgan fingerprint density at radius 3 is 2.74 bits per heavy atom. The van der Waals surface area contributed by atoms with Crippen LogP contribution in [0.3, 0.4) is 0 Å². The first-order valence-corrected chi connectivity index (χ1v) is 9.15. The van der Waals surface area contributed by atoms with Crippen LogP contribution in [0.5, 0.6) is 0 Å². The van der Waals surface area contributed by atoms with Crippen molar-refractivity contribution in [3.63, 3.8) is 0 Å². The van der Waals surface area contributed by atoms with Crippen LogP contribution in [-0.4, -0.2) is 26.5 Å². The minimum Gasteiger partial charge on any atom is -0.398 e. The Hall–Kier alpha value is -0.720. The molecule has 0 spiro atoms. The van der Waals surface area contributed by atoms with Crippen molar-refractivity contribution in [2.75, 3.05) is 23.8 Å². The first-order valence-electron chi connectivity index (χ1n) is 6.51. The van der Waals surface area contributed by atoms with E-state index >= 15 is 0 Å². The lowest BCUT2D eigenvalue weighted by molar-refractivity contribution is 0.577. The van der Waals surface area contributed by atoms with E-state index in [4.69, 9.17) is 5.73 Å². The minimum atomic E-state index is -3.14. The molecule has 0 bridgehead atoms. The molecule has 1 saturated carbocycles. The number of rotatable bonds is 8. The van der Waals surface area contributed by atoms with Gasteiger partial charge in [-0.3, -0.25) is 0 Å². The summed E-state index contributed by atoms with van der Waals surface area (Å²) in [6, 6.07) is 7.51. The van der Waals surface area contributed by atoms with E-state index in [2.05, 4.69) is 4.72 Å². The second-order valence-corrected chi connectivity index (χ2v) is 7.89. The van der Waals surface area contributed by atoms with Crippen LogP contribution < -0.4 is 10.5 Å². The second kappa shape index (κ2) is 6.63. The summed E-state index contributed by atoms with van der Waals surface area (Å²) in [5.74, 6) is 1.41. The maximum atomic E-state index is 11.8. The third-order valence-corrected chi connectivity index (χ3v) is 5.84. The van der Waals surface area contributed by atoms with Gasteiger partial charge < -0.3 is 5.73 Å². The van der Waals surface area contributed by atoms with Gasteiger partial charge in [0, 0.05) is 22.9 Å². The van der Waals surface area contributed by atoms with E-state index in [0.717, 1.165) is 17.2 Å². The van der Waals surface area contributed by atoms with Crippen LogP contribution >= 0.6 is 11.8 Å². The van der Waals surface area contributed by atoms with E-state index in [1.165, 1.54) is 24.6 Å². The van der Waals surface area contributed by atoms with Crippen molar-refractivity contribution in [3.8, 4) is 0 Å². The molecule has 0 radical (unpaired) electrons.